The second kappa shape index (κ2) is 12.5. The number of rotatable bonds is 12. The molecule has 0 heterocycles. The molecule has 0 N–H and O–H groups in total. The number of hydrogen-bond donors (Lipinski definition) is 0. The van der Waals surface area contributed by atoms with Gasteiger partial charge in [0.05, 0.1) is 14.2 Å². The summed E-state index contributed by atoms with van der Waals surface area (Å²) in [4.78, 5) is 0. The van der Waals surface area contributed by atoms with E-state index in [0.29, 0.717) is 13.2 Å². The highest BCUT2D eigenvalue weighted by atomic mass is 16.5. The van der Waals surface area contributed by atoms with Gasteiger partial charge in [-0.1, -0.05) is 72.8 Å². The summed E-state index contributed by atoms with van der Waals surface area (Å²) in [6.45, 7) is 1.04. The summed E-state index contributed by atoms with van der Waals surface area (Å²) >= 11 is 0. The van der Waals surface area contributed by atoms with E-state index >= 15 is 0 Å². The van der Waals surface area contributed by atoms with Crippen molar-refractivity contribution in [1.29, 1.82) is 0 Å². The van der Waals surface area contributed by atoms with Gasteiger partial charge in [0.15, 0.2) is 0 Å². The van der Waals surface area contributed by atoms with Crippen LogP contribution in [0.4, 0.5) is 0 Å². The van der Waals surface area contributed by atoms with Crippen LogP contribution < -0.4 is 18.9 Å². The number of methoxy groups -OCH3 is 2. The molecule has 4 aromatic carbocycles. The molecule has 4 nitrogen and oxygen atoms in total. The fourth-order valence-corrected chi connectivity index (χ4v) is 3.97. The molecule has 0 atom stereocenters. The lowest BCUT2D eigenvalue weighted by Gasteiger charge is -2.15. The van der Waals surface area contributed by atoms with Gasteiger partial charge in [-0.3, -0.25) is 0 Å². The van der Waals surface area contributed by atoms with Gasteiger partial charge in [-0.05, 0) is 53.6 Å². The first-order valence-electron chi connectivity index (χ1n) is 11.9. The first-order valence-corrected chi connectivity index (χ1v) is 11.9. The van der Waals surface area contributed by atoms with Gasteiger partial charge < -0.3 is 18.9 Å². The molecule has 4 rings (SSSR count). The van der Waals surface area contributed by atoms with Crippen LogP contribution in [0.2, 0.25) is 0 Å². The molecule has 0 aliphatic rings. The Balaban J connectivity index is 1.45. The third-order valence-electron chi connectivity index (χ3n) is 5.91. The van der Waals surface area contributed by atoms with E-state index in [-0.39, 0.29) is 0 Å². The maximum Gasteiger partial charge on any atom is 0.126 e. The largest absolute Gasteiger partial charge is 0.497 e. The Morgan fingerprint density at radius 1 is 0.514 bits per heavy atom. The van der Waals surface area contributed by atoms with E-state index in [9.17, 15) is 0 Å². The van der Waals surface area contributed by atoms with E-state index in [2.05, 4.69) is 36.4 Å². The van der Waals surface area contributed by atoms with Gasteiger partial charge in [-0.2, -0.15) is 0 Å². The number of aryl methyl sites for hydroxylation is 2. The van der Waals surface area contributed by atoms with Gasteiger partial charge in [0.2, 0.25) is 0 Å². The minimum atomic E-state index is 0.516. The van der Waals surface area contributed by atoms with Gasteiger partial charge in [-0.15, -0.1) is 0 Å². The molecule has 0 spiro atoms. The molecule has 0 saturated carbocycles. The summed E-state index contributed by atoms with van der Waals surface area (Å²) in [6.07, 6.45) is 2.75. The standard InChI is InChI=1S/C31H32O4/c1-32-28-18-16-26(30(20-28)33-2)14-9-15-27-17-19-29(34-22-24-10-5-3-6-11-24)21-31(27)35-23-25-12-7-4-8-13-25/h3-8,10-13,16-21H,9,14-15,22-23H2,1-2H3. The molecule has 0 aliphatic carbocycles. The zero-order valence-corrected chi connectivity index (χ0v) is 20.4. The summed E-state index contributed by atoms with van der Waals surface area (Å²) in [5.41, 5.74) is 4.61. The zero-order valence-electron chi connectivity index (χ0n) is 20.4. The van der Waals surface area contributed by atoms with Crippen molar-refractivity contribution >= 4 is 0 Å². The fraction of sp³-hybridized carbons (Fsp3) is 0.226. The van der Waals surface area contributed by atoms with Crippen LogP contribution in [-0.4, -0.2) is 14.2 Å². The molecular weight excluding hydrogens is 436 g/mol. The van der Waals surface area contributed by atoms with Crippen LogP contribution in [0.3, 0.4) is 0 Å². The first-order chi connectivity index (χ1) is 17.2. The van der Waals surface area contributed by atoms with Crippen molar-refractivity contribution in [3.05, 3.63) is 119 Å². The lowest BCUT2D eigenvalue weighted by molar-refractivity contribution is 0.287. The molecule has 0 aliphatic heterocycles. The van der Waals surface area contributed by atoms with E-state index in [4.69, 9.17) is 18.9 Å². The average molecular weight is 469 g/mol. The van der Waals surface area contributed by atoms with Crippen LogP contribution >= 0.6 is 0 Å². The van der Waals surface area contributed by atoms with Crippen molar-refractivity contribution in [2.75, 3.05) is 14.2 Å². The fourth-order valence-electron chi connectivity index (χ4n) is 3.97. The van der Waals surface area contributed by atoms with Crippen LogP contribution in [0, 0.1) is 0 Å². The van der Waals surface area contributed by atoms with Crippen molar-refractivity contribution in [3.63, 3.8) is 0 Å². The van der Waals surface area contributed by atoms with Gasteiger partial charge in [0.25, 0.3) is 0 Å². The topological polar surface area (TPSA) is 36.9 Å². The monoisotopic (exact) mass is 468 g/mol. The van der Waals surface area contributed by atoms with Crippen molar-refractivity contribution in [3.8, 4) is 23.0 Å². The Morgan fingerprint density at radius 3 is 1.66 bits per heavy atom. The third kappa shape index (κ3) is 7.03. The molecular formula is C31H32O4. The molecule has 180 valence electrons. The Labute approximate surface area is 208 Å². The summed E-state index contributed by atoms with van der Waals surface area (Å²) in [7, 11) is 3.36. The second-order valence-corrected chi connectivity index (χ2v) is 8.35. The highest BCUT2D eigenvalue weighted by molar-refractivity contribution is 5.43. The van der Waals surface area contributed by atoms with Crippen molar-refractivity contribution in [2.24, 2.45) is 0 Å². The third-order valence-corrected chi connectivity index (χ3v) is 5.91. The molecule has 0 bridgehead atoms. The first kappa shape index (κ1) is 24.2. The molecule has 0 radical (unpaired) electrons. The maximum absolute atomic E-state index is 6.27. The van der Waals surface area contributed by atoms with Crippen LogP contribution in [0.1, 0.15) is 28.7 Å². The molecule has 0 fully saturated rings. The summed E-state index contributed by atoms with van der Waals surface area (Å²) < 4.78 is 23.2. The van der Waals surface area contributed by atoms with Crippen LogP contribution in [0.15, 0.2) is 97.1 Å². The predicted octanol–water partition coefficient (Wildman–Crippen LogP) is 7.04. The molecule has 0 amide bonds. The SMILES string of the molecule is COc1ccc(CCCc2ccc(OCc3ccccc3)cc2OCc2ccccc2)c(OC)c1. The van der Waals surface area contributed by atoms with E-state index in [0.717, 1.165) is 53.4 Å². The Bertz CT molecular complexity index is 1190. The molecule has 0 aromatic heterocycles. The van der Waals surface area contributed by atoms with E-state index in [1.165, 1.54) is 11.1 Å². The Morgan fingerprint density at radius 2 is 1.06 bits per heavy atom. The van der Waals surface area contributed by atoms with Crippen LogP contribution in [0.5, 0.6) is 23.0 Å². The minimum Gasteiger partial charge on any atom is -0.497 e. The van der Waals surface area contributed by atoms with Gasteiger partial charge in [-0.25, -0.2) is 0 Å². The van der Waals surface area contributed by atoms with Crippen LogP contribution in [-0.2, 0) is 26.1 Å². The van der Waals surface area contributed by atoms with Crippen LogP contribution in [0.25, 0.3) is 0 Å². The van der Waals surface area contributed by atoms with Gasteiger partial charge in [0, 0.05) is 12.1 Å². The smallest absolute Gasteiger partial charge is 0.126 e. The highest BCUT2D eigenvalue weighted by Crippen LogP contribution is 2.30. The highest BCUT2D eigenvalue weighted by Gasteiger charge is 2.10. The van der Waals surface area contributed by atoms with Gasteiger partial charge >= 0.3 is 0 Å². The number of benzene rings is 4. The summed E-state index contributed by atoms with van der Waals surface area (Å²) in [6, 6.07) is 32.5. The molecule has 4 heteroatoms. The van der Waals surface area contributed by atoms with E-state index in [1.54, 1.807) is 14.2 Å². The number of hydrogen-bond acceptors (Lipinski definition) is 4. The lowest BCUT2D eigenvalue weighted by Crippen LogP contribution is -2.02. The summed E-state index contributed by atoms with van der Waals surface area (Å²) in [5.74, 6) is 3.32. The molecule has 0 unspecified atom stereocenters. The average Bonchev–Trinajstić information content (AvgIpc) is 2.92. The quantitative estimate of drug-likeness (QED) is 0.223. The molecule has 35 heavy (non-hydrogen) atoms. The van der Waals surface area contributed by atoms with Crippen molar-refractivity contribution in [1.82, 2.24) is 0 Å². The maximum atomic E-state index is 6.27. The Kier molecular flexibility index (Phi) is 8.66. The van der Waals surface area contributed by atoms with Crippen molar-refractivity contribution < 1.29 is 18.9 Å². The normalized spacial score (nSPS) is 10.6. The van der Waals surface area contributed by atoms with Crippen molar-refractivity contribution in [2.45, 2.75) is 32.5 Å². The van der Waals surface area contributed by atoms with E-state index in [1.807, 2.05) is 60.7 Å². The summed E-state index contributed by atoms with van der Waals surface area (Å²) in [5, 5.41) is 0. The molecule has 4 aromatic rings. The van der Waals surface area contributed by atoms with Gasteiger partial charge in [0.1, 0.15) is 36.2 Å². The minimum absolute atomic E-state index is 0.516. The Hall–Kier alpha value is -3.92. The zero-order chi connectivity index (χ0) is 24.3. The van der Waals surface area contributed by atoms with E-state index < -0.39 is 0 Å². The number of ether oxygens (including phenoxy) is 4. The predicted molar refractivity (Wildman–Crippen MR) is 140 cm³/mol. The second-order valence-electron chi connectivity index (χ2n) is 8.35. The molecule has 0 saturated heterocycles. The lowest BCUT2D eigenvalue weighted by atomic mass is 10.0.